The van der Waals surface area contributed by atoms with E-state index in [0.717, 1.165) is 12.1 Å². The maximum Gasteiger partial charge on any atom is 0.326 e. The fraction of sp³-hybridized carbons (Fsp3) is 0.333. The Hall–Kier alpha value is -1.86. The zero-order valence-corrected chi connectivity index (χ0v) is 12.6. The van der Waals surface area contributed by atoms with Crippen LogP contribution < -0.4 is 5.32 Å². The third-order valence-corrected chi connectivity index (χ3v) is 3.49. The number of halogens is 2. The number of non-ortho nitro benzene ring substituents is 1. The molecule has 0 fully saturated rings. The average molecular weight is 335 g/mol. The van der Waals surface area contributed by atoms with Gasteiger partial charge in [-0.25, -0.2) is 4.79 Å². The van der Waals surface area contributed by atoms with Crippen molar-refractivity contribution in [2.75, 3.05) is 0 Å². The van der Waals surface area contributed by atoms with Crippen LogP contribution in [0.5, 0.6) is 0 Å². The number of nitrogens with one attached hydrogen (secondary N) is 1. The fourth-order valence-corrected chi connectivity index (χ4v) is 1.99. The van der Waals surface area contributed by atoms with Crippen molar-refractivity contribution < 1.29 is 19.6 Å². The molecule has 0 saturated heterocycles. The molecule has 0 aliphatic carbocycles. The summed E-state index contributed by atoms with van der Waals surface area (Å²) in [5, 5.41) is 21.7. The van der Waals surface area contributed by atoms with E-state index in [2.05, 4.69) is 5.32 Å². The molecule has 0 bridgehead atoms. The number of amides is 1. The smallest absolute Gasteiger partial charge is 0.326 e. The van der Waals surface area contributed by atoms with Gasteiger partial charge in [-0.05, 0) is 5.92 Å². The van der Waals surface area contributed by atoms with Gasteiger partial charge in [0.1, 0.15) is 6.04 Å². The highest BCUT2D eigenvalue weighted by molar-refractivity contribution is 6.44. The second kappa shape index (κ2) is 6.73. The minimum atomic E-state index is -1.22. The van der Waals surface area contributed by atoms with Gasteiger partial charge < -0.3 is 10.4 Å². The van der Waals surface area contributed by atoms with E-state index >= 15 is 0 Å². The number of hydrogen-bond donors (Lipinski definition) is 2. The van der Waals surface area contributed by atoms with Crippen molar-refractivity contribution in [2.24, 2.45) is 5.92 Å². The number of carbonyl (C=O) groups excluding carboxylic acids is 1. The largest absolute Gasteiger partial charge is 0.480 e. The molecule has 21 heavy (non-hydrogen) atoms. The second-order valence-electron chi connectivity index (χ2n) is 4.58. The molecule has 7 nitrogen and oxygen atoms in total. The molecular formula is C12H12Cl2N2O5. The van der Waals surface area contributed by atoms with E-state index in [1.165, 1.54) is 0 Å². The maximum absolute atomic E-state index is 12.1. The van der Waals surface area contributed by atoms with Crippen LogP contribution in [0.4, 0.5) is 5.69 Å². The van der Waals surface area contributed by atoms with Gasteiger partial charge in [0.25, 0.3) is 11.6 Å². The Kier molecular flexibility index (Phi) is 5.51. The molecule has 0 aromatic heterocycles. The van der Waals surface area contributed by atoms with Crippen LogP contribution in [0.3, 0.4) is 0 Å². The Balaban J connectivity index is 3.18. The third kappa shape index (κ3) is 4.05. The summed E-state index contributed by atoms with van der Waals surface area (Å²) in [6.07, 6.45) is 0. The summed E-state index contributed by atoms with van der Waals surface area (Å²) in [5.74, 6) is -2.43. The van der Waals surface area contributed by atoms with Gasteiger partial charge in [0.15, 0.2) is 0 Å². The van der Waals surface area contributed by atoms with Gasteiger partial charge in [-0.2, -0.15) is 0 Å². The summed E-state index contributed by atoms with van der Waals surface area (Å²) in [5.41, 5.74) is -0.659. The van der Waals surface area contributed by atoms with Crippen LogP contribution in [-0.2, 0) is 4.79 Å². The number of hydrogen-bond acceptors (Lipinski definition) is 4. The van der Waals surface area contributed by atoms with E-state index in [4.69, 9.17) is 28.3 Å². The number of carboxylic acids is 1. The summed E-state index contributed by atoms with van der Waals surface area (Å²) < 4.78 is 0. The molecule has 114 valence electrons. The minimum Gasteiger partial charge on any atom is -0.480 e. The van der Waals surface area contributed by atoms with Crippen LogP contribution in [0.25, 0.3) is 0 Å². The second-order valence-corrected chi connectivity index (χ2v) is 5.36. The van der Waals surface area contributed by atoms with Crippen molar-refractivity contribution in [1.29, 1.82) is 0 Å². The quantitative estimate of drug-likeness (QED) is 0.635. The van der Waals surface area contributed by atoms with Crippen LogP contribution in [0.2, 0.25) is 10.0 Å². The summed E-state index contributed by atoms with van der Waals surface area (Å²) in [4.78, 5) is 33.2. The van der Waals surface area contributed by atoms with Crippen LogP contribution in [0, 0.1) is 16.0 Å². The number of carboxylic acid groups (broad SMARTS) is 1. The molecule has 1 rings (SSSR count). The van der Waals surface area contributed by atoms with Crippen molar-refractivity contribution in [3.8, 4) is 0 Å². The van der Waals surface area contributed by atoms with Crippen molar-refractivity contribution in [3.63, 3.8) is 0 Å². The van der Waals surface area contributed by atoms with Crippen LogP contribution in [0.1, 0.15) is 24.2 Å². The Morgan fingerprint density at radius 3 is 2.33 bits per heavy atom. The first kappa shape index (κ1) is 17.2. The van der Waals surface area contributed by atoms with Crippen molar-refractivity contribution >= 4 is 40.8 Å². The molecule has 0 aliphatic heterocycles. The average Bonchev–Trinajstić information content (AvgIpc) is 2.37. The molecule has 0 heterocycles. The molecular weight excluding hydrogens is 323 g/mol. The Labute approximate surface area is 130 Å². The number of benzene rings is 1. The molecule has 0 spiro atoms. The first-order valence-corrected chi connectivity index (χ1v) is 6.57. The molecule has 0 aliphatic rings. The molecule has 2 N–H and O–H groups in total. The standard InChI is InChI=1S/C12H12Cl2N2O5/c1-5(2)10(12(18)19)15-11(17)7-3-6(16(20)21)4-8(13)9(7)14/h3-5,10H,1-2H3,(H,15,17)(H,18,19)/t10-/m0/s1. The zero-order valence-electron chi connectivity index (χ0n) is 11.1. The predicted octanol–water partition coefficient (Wildman–Crippen LogP) is 2.74. The molecule has 0 radical (unpaired) electrons. The van der Waals surface area contributed by atoms with Crippen molar-refractivity contribution in [2.45, 2.75) is 19.9 Å². The van der Waals surface area contributed by atoms with Gasteiger partial charge in [0.05, 0.1) is 20.5 Å². The molecule has 1 amide bonds. The molecule has 0 saturated carbocycles. The van der Waals surface area contributed by atoms with Crippen molar-refractivity contribution in [1.82, 2.24) is 5.32 Å². The normalized spacial score (nSPS) is 12.0. The SMILES string of the molecule is CC(C)[C@H](NC(=O)c1cc([N+](=O)[O-])cc(Cl)c1Cl)C(=O)O. The van der Waals surface area contributed by atoms with E-state index < -0.39 is 28.5 Å². The minimum absolute atomic E-state index is 0.160. The number of nitrogens with zero attached hydrogens (tertiary/aromatic N) is 1. The fourth-order valence-electron chi connectivity index (χ4n) is 1.58. The molecule has 1 atom stereocenters. The predicted molar refractivity (Wildman–Crippen MR) is 76.8 cm³/mol. The Morgan fingerprint density at radius 2 is 1.90 bits per heavy atom. The molecule has 0 unspecified atom stereocenters. The summed E-state index contributed by atoms with van der Waals surface area (Å²) in [7, 11) is 0. The highest BCUT2D eigenvalue weighted by atomic mass is 35.5. The highest BCUT2D eigenvalue weighted by Gasteiger charge is 2.26. The van der Waals surface area contributed by atoms with E-state index in [1.807, 2.05) is 0 Å². The van der Waals surface area contributed by atoms with E-state index in [-0.39, 0.29) is 21.5 Å². The van der Waals surface area contributed by atoms with E-state index in [1.54, 1.807) is 13.8 Å². The van der Waals surface area contributed by atoms with Gasteiger partial charge in [-0.15, -0.1) is 0 Å². The van der Waals surface area contributed by atoms with Gasteiger partial charge >= 0.3 is 5.97 Å². The number of carbonyl (C=O) groups is 2. The number of nitro benzene ring substituents is 1. The van der Waals surface area contributed by atoms with Gasteiger partial charge in [-0.3, -0.25) is 14.9 Å². The molecule has 1 aromatic rings. The highest BCUT2D eigenvalue weighted by Crippen LogP contribution is 2.31. The zero-order chi connectivity index (χ0) is 16.3. The lowest BCUT2D eigenvalue weighted by Crippen LogP contribution is -2.44. The monoisotopic (exact) mass is 334 g/mol. The maximum atomic E-state index is 12.1. The van der Waals surface area contributed by atoms with Crippen molar-refractivity contribution in [3.05, 3.63) is 37.9 Å². The molecule has 1 aromatic carbocycles. The van der Waals surface area contributed by atoms with Gasteiger partial charge in [0, 0.05) is 12.1 Å². The lowest BCUT2D eigenvalue weighted by molar-refractivity contribution is -0.384. The first-order chi connectivity index (χ1) is 9.65. The number of nitro groups is 1. The van der Waals surface area contributed by atoms with Crippen LogP contribution in [0.15, 0.2) is 12.1 Å². The van der Waals surface area contributed by atoms with E-state index in [9.17, 15) is 19.7 Å². The van der Waals surface area contributed by atoms with Crippen LogP contribution in [-0.4, -0.2) is 27.9 Å². The lowest BCUT2D eigenvalue weighted by Gasteiger charge is -2.18. The Morgan fingerprint density at radius 1 is 1.33 bits per heavy atom. The number of rotatable bonds is 5. The van der Waals surface area contributed by atoms with E-state index in [0.29, 0.717) is 0 Å². The number of aliphatic carboxylic acids is 1. The third-order valence-electron chi connectivity index (χ3n) is 2.69. The Bertz CT molecular complexity index is 604. The molecule has 9 heteroatoms. The topological polar surface area (TPSA) is 110 Å². The summed E-state index contributed by atoms with van der Waals surface area (Å²) in [6, 6.07) is 0.812. The first-order valence-electron chi connectivity index (χ1n) is 5.82. The van der Waals surface area contributed by atoms with Gasteiger partial charge in [-0.1, -0.05) is 37.0 Å². The summed E-state index contributed by atoms with van der Waals surface area (Å²) in [6.45, 7) is 3.22. The summed E-state index contributed by atoms with van der Waals surface area (Å²) >= 11 is 11.6. The van der Waals surface area contributed by atoms with Gasteiger partial charge in [0.2, 0.25) is 0 Å². The lowest BCUT2D eigenvalue weighted by atomic mass is 10.0. The van der Waals surface area contributed by atoms with Crippen LogP contribution >= 0.6 is 23.2 Å².